The number of carbonyl (C=O) groups excluding carboxylic acids is 1. The first kappa shape index (κ1) is 11.7. The zero-order valence-electron chi connectivity index (χ0n) is 9.06. The molecule has 0 aliphatic carbocycles. The van der Waals surface area contributed by atoms with Crippen LogP contribution in [0.5, 0.6) is 0 Å². The van der Waals surface area contributed by atoms with Crippen molar-refractivity contribution in [2.45, 2.75) is 6.42 Å². The molecule has 0 radical (unpaired) electrons. The first-order valence-corrected chi connectivity index (χ1v) is 4.82. The smallest absolute Gasteiger partial charge is 0.248 e. The van der Waals surface area contributed by atoms with Crippen molar-refractivity contribution in [3.8, 4) is 0 Å². The van der Waals surface area contributed by atoms with Gasteiger partial charge in [-0.05, 0) is 11.6 Å². The second-order valence-electron chi connectivity index (χ2n) is 4.07. The number of nitrogens with zero attached hydrogens (tertiary/aromatic N) is 1. The Hall–Kier alpha value is -1.39. The van der Waals surface area contributed by atoms with Crippen LogP contribution in [-0.4, -0.2) is 31.2 Å². The number of carbonyl (C=O) groups is 1. The second-order valence-corrected chi connectivity index (χ2v) is 4.07. The molecule has 1 amide bonds. The van der Waals surface area contributed by atoms with Crippen LogP contribution in [0.3, 0.4) is 0 Å². The molecule has 0 saturated heterocycles. The molecular formula is C11H16N2O2. The SMILES string of the molecule is C[N+](C)([O-])CCc1ccccc1C(N)=O. The molecule has 0 aliphatic heterocycles. The van der Waals surface area contributed by atoms with Gasteiger partial charge in [-0.3, -0.25) is 4.79 Å². The lowest BCUT2D eigenvalue weighted by Gasteiger charge is -2.33. The normalized spacial score (nSPS) is 11.4. The molecule has 0 aromatic heterocycles. The largest absolute Gasteiger partial charge is 0.633 e. The van der Waals surface area contributed by atoms with E-state index in [0.717, 1.165) is 5.56 Å². The molecule has 0 atom stereocenters. The summed E-state index contributed by atoms with van der Waals surface area (Å²) < 4.78 is -0.368. The van der Waals surface area contributed by atoms with Crippen LogP contribution in [-0.2, 0) is 6.42 Å². The van der Waals surface area contributed by atoms with Gasteiger partial charge in [0.2, 0.25) is 5.91 Å². The van der Waals surface area contributed by atoms with E-state index in [9.17, 15) is 10.0 Å². The molecule has 0 heterocycles. The summed E-state index contributed by atoms with van der Waals surface area (Å²) in [5.74, 6) is -0.443. The molecule has 1 rings (SSSR count). The van der Waals surface area contributed by atoms with Crippen LogP contribution in [0.25, 0.3) is 0 Å². The van der Waals surface area contributed by atoms with Gasteiger partial charge in [-0.2, -0.15) is 0 Å². The van der Waals surface area contributed by atoms with Crippen LogP contribution in [0.1, 0.15) is 15.9 Å². The highest BCUT2D eigenvalue weighted by Crippen LogP contribution is 2.10. The summed E-state index contributed by atoms with van der Waals surface area (Å²) in [5, 5.41) is 11.4. The summed E-state index contributed by atoms with van der Waals surface area (Å²) in [5.41, 5.74) is 6.58. The molecule has 4 nitrogen and oxygen atoms in total. The maximum Gasteiger partial charge on any atom is 0.248 e. The molecule has 0 bridgehead atoms. The van der Waals surface area contributed by atoms with E-state index in [2.05, 4.69) is 0 Å². The zero-order chi connectivity index (χ0) is 11.5. The molecule has 82 valence electrons. The van der Waals surface area contributed by atoms with Gasteiger partial charge in [-0.1, -0.05) is 18.2 Å². The summed E-state index contributed by atoms with van der Waals surface area (Å²) in [6, 6.07) is 7.12. The van der Waals surface area contributed by atoms with Gasteiger partial charge in [0, 0.05) is 12.0 Å². The Bertz CT molecular complexity index is 356. The Balaban J connectivity index is 2.81. The number of quaternary nitrogens is 1. The van der Waals surface area contributed by atoms with Crippen LogP contribution < -0.4 is 5.73 Å². The highest BCUT2D eigenvalue weighted by Gasteiger charge is 2.09. The van der Waals surface area contributed by atoms with Gasteiger partial charge in [0.15, 0.2) is 0 Å². The summed E-state index contributed by atoms with van der Waals surface area (Å²) >= 11 is 0. The molecule has 1 aromatic carbocycles. The maximum atomic E-state index is 11.4. The van der Waals surface area contributed by atoms with Gasteiger partial charge < -0.3 is 15.6 Å². The average molecular weight is 208 g/mol. The summed E-state index contributed by atoms with van der Waals surface area (Å²) in [6.45, 7) is 0.435. The minimum atomic E-state index is -0.443. The van der Waals surface area contributed by atoms with E-state index in [-0.39, 0.29) is 4.65 Å². The Labute approximate surface area is 89.5 Å². The van der Waals surface area contributed by atoms with Gasteiger partial charge in [0.05, 0.1) is 20.6 Å². The lowest BCUT2D eigenvalue weighted by molar-refractivity contribution is -0.839. The molecule has 0 unspecified atom stereocenters. The van der Waals surface area contributed by atoms with Crippen molar-refractivity contribution < 1.29 is 9.44 Å². The molecule has 15 heavy (non-hydrogen) atoms. The van der Waals surface area contributed by atoms with E-state index < -0.39 is 5.91 Å². The summed E-state index contributed by atoms with van der Waals surface area (Å²) in [4.78, 5) is 11.1. The van der Waals surface area contributed by atoms with Gasteiger partial charge >= 0.3 is 0 Å². The van der Waals surface area contributed by atoms with E-state index in [1.807, 2.05) is 12.1 Å². The molecule has 0 aliphatic rings. The highest BCUT2D eigenvalue weighted by atomic mass is 16.5. The number of benzene rings is 1. The van der Waals surface area contributed by atoms with Gasteiger partial charge in [-0.25, -0.2) is 0 Å². The fourth-order valence-electron chi connectivity index (χ4n) is 1.37. The van der Waals surface area contributed by atoms with Gasteiger partial charge in [0.1, 0.15) is 0 Å². The Morgan fingerprint density at radius 2 is 2.00 bits per heavy atom. The first-order chi connectivity index (χ1) is 6.90. The van der Waals surface area contributed by atoms with Crippen LogP contribution in [0.2, 0.25) is 0 Å². The third-order valence-corrected chi connectivity index (χ3v) is 2.20. The number of hydroxylamine groups is 3. The van der Waals surface area contributed by atoms with E-state index >= 15 is 0 Å². The number of nitrogens with two attached hydrogens (primary N) is 1. The second kappa shape index (κ2) is 4.42. The van der Waals surface area contributed by atoms with Crippen molar-refractivity contribution in [1.82, 2.24) is 0 Å². The van der Waals surface area contributed by atoms with Crippen molar-refractivity contribution in [3.63, 3.8) is 0 Å². The van der Waals surface area contributed by atoms with Crippen LogP contribution >= 0.6 is 0 Å². The Morgan fingerprint density at radius 1 is 1.40 bits per heavy atom. The van der Waals surface area contributed by atoms with Crippen molar-refractivity contribution in [3.05, 3.63) is 40.6 Å². The Kier molecular flexibility index (Phi) is 3.44. The van der Waals surface area contributed by atoms with E-state index in [1.165, 1.54) is 0 Å². The standard InChI is InChI=1S/C11H16N2O2/c1-13(2,15)8-7-9-5-3-4-6-10(9)11(12)14/h3-6H,7-8H2,1-2H3,(H2,12,14). The number of rotatable bonds is 4. The molecule has 0 saturated carbocycles. The minimum absolute atomic E-state index is 0.368. The lowest BCUT2D eigenvalue weighted by Crippen LogP contribution is -2.34. The van der Waals surface area contributed by atoms with Gasteiger partial charge in [0.25, 0.3) is 0 Å². The first-order valence-electron chi connectivity index (χ1n) is 4.82. The molecule has 0 spiro atoms. The molecule has 0 fully saturated rings. The van der Waals surface area contributed by atoms with E-state index in [1.54, 1.807) is 26.2 Å². The third kappa shape index (κ3) is 3.69. The predicted molar refractivity (Wildman–Crippen MR) is 59.0 cm³/mol. The topological polar surface area (TPSA) is 66.2 Å². The van der Waals surface area contributed by atoms with E-state index in [0.29, 0.717) is 18.5 Å². The number of hydrogen-bond donors (Lipinski definition) is 1. The van der Waals surface area contributed by atoms with E-state index in [4.69, 9.17) is 5.73 Å². The fraction of sp³-hybridized carbons (Fsp3) is 0.364. The van der Waals surface area contributed by atoms with Crippen LogP contribution in [0.4, 0.5) is 0 Å². The minimum Gasteiger partial charge on any atom is -0.633 e. The fourth-order valence-corrected chi connectivity index (χ4v) is 1.37. The zero-order valence-corrected chi connectivity index (χ0v) is 9.06. The quantitative estimate of drug-likeness (QED) is 0.590. The average Bonchev–Trinajstić information content (AvgIpc) is 2.14. The van der Waals surface area contributed by atoms with Crippen molar-refractivity contribution >= 4 is 5.91 Å². The Morgan fingerprint density at radius 3 is 2.53 bits per heavy atom. The van der Waals surface area contributed by atoms with Crippen LogP contribution in [0, 0.1) is 5.21 Å². The summed E-state index contributed by atoms with van der Waals surface area (Å²) in [6.07, 6.45) is 0.565. The number of primary amides is 1. The molecular weight excluding hydrogens is 192 g/mol. The highest BCUT2D eigenvalue weighted by molar-refractivity contribution is 5.94. The van der Waals surface area contributed by atoms with Crippen molar-refractivity contribution in [2.75, 3.05) is 20.6 Å². The number of likely N-dealkylation sites (N-methyl/N-ethyl adjacent to an activating group) is 1. The molecule has 1 aromatic rings. The summed E-state index contributed by atoms with van der Waals surface area (Å²) in [7, 11) is 3.15. The third-order valence-electron chi connectivity index (χ3n) is 2.20. The number of amides is 1. The monoisotopic (exact) mass is 208 g/mol. The van der Waals surface area contributed by atoms with Crippen molar-refractivity contribution in [1.29, 1.82) is 0 Å². The van der Waals surface area contributed by atoms with Gasteiger partial charge in [-0.15, -0.1) is 0 Å². The lowest BCUT2D eigenvalue weighted by atomic mass is 10.0. The van der Waals surface area contributed by atoms with Crippen molar-refractivity contribution in [2.24, 2.45) is 5.73 Å². The maximum absolute atomic E-state index is 11.4. The predicted octanol–water partition coefficient (Wildman–Crippen LogP) is 0.902. The molecule has 4 heteroatoms. The van der Waals surface area contributed by atoms with Crippen LogP contribution in [0.15, 0.2) is 24.3 Å². The molecule has 2 N–H and O–H groups in total. The number of hydrogen-bond acceptors (Lipinski definition) is 2.